The average molecular weight is 222 g/mol. The number of benzene rings is 1. The summed E-state index contributed by atoms with van der Waals surface area (Å²) in [5.41, 5.74) is 0.961. The predicted molar refractivity (Wildman–Crippen MR) is 56.9 cm³/mol. The number of hydrogen-bond donors (Lipinski definition) is 0. The first-order chi connectivity index (χ1) is 6.76. The standard InChI is InChI=1S/C10H4ClNOS/c11-8-5-14-9-2-6(4-13)1-7(3-12)10(8)9/h1-2,4-5H. The number of nitrogens with zero attached hydrogens (tertiary/aromatic N) is 1. The molecule has 0 bridgehead atoms. The molecule has 0 saturated heterocycles. The molecule has 0 atom stereocenters. The topological polar surface area (TPSA) is 40.9 Å². The summed E-state index contributed by atoms with van der Waals surface area (Å²) in [5.74, 6) is 0. The van der Waals surface area contributed by atoms with Crippen LogP contribution in [0.4, 0.5) is 0 Å². The Kier molecular flexibility index (Phi) is 2.24. The van der Waals surface area contributed by atoms with Gasteiger partial charge >= 0.3 is 0 Å². The SMILES string of the molecule is N#Cc1cc(C=O)cc2scc(Cl)c12. The molecule has 0 amide bonds. The fourth-order valence-corrected chi connectivity index (χ4v) is 2.59. The van der Waals surface area contributed by atoms with Crippen LogP contribution in [0.5, 0.6) is 0 Å². The van der Waals surface area contributed by atoms with Crippen LogP contribution in [0.1, 0.15) is 15.9 Å². The minimum absolute atomic E-state index is 0.454. The molecule has 4 heteroatoms. The Morgan fingerprint density at radius 1 is 1.50 bits per heavy atom. The van der Waals surface area contributed by atoms with E-state index in [1.165, 1.54) is 11.3 Å². The molecule has 0 aliphatic rings. The van der Waals surface area contributed by atoms with E-state index in [1.54, 1.807) is 17.5 Å². The molecule has 0 radical (unpaired) electrons. The molecule has 0 aliphatic carbocycles. The second-order valence-corrected chi connectivity index (χ2v) is 4.07. The van der Waals surface area contributed by atoms with E-state index in [0.717, 1.165) is 16.4 Å². The lowest BCUT2D eigenvalue weighted by atomic mass is 10.1. The second kappa shape index (κ2) is 3.41. The highest BCUT2D eigenvalue weighted by molar-refractivity contribution is 7.17. The molecule has 1 aromatic heterocycles. The highest BCUT2D eigenvalue weighted by atomic mass is 35.5. The number of fused-ring (bicyclic) bond motifs is 1. The van der Waals surface area contributed by atoms with Gasteiger partial charge < -0.3 is 0 Å². The van der Waals surface area contributed by atoms with Gasteiger partial charge in [-0.1, -0.05) is 11.6 Å². The smallest absolute Gasteiger partial charge is 0.150 e. The van der Waals surface area contributed by atoms with Gasteiger partial charge in [0.15, 0.2) is 0 Å². The lowest BCUT2D eigenvalue weighted by Crippen LogP contribution is -1.83. The first-order valence-corrected chi connectivity index (χ1v) is 5.08. The average Bonchev–Trinajstić information content (AvgIpc) is 2.59. The maximum Gasteiger partial charge on any atom is 0.150 e. The van der Waals surface area contributed by atoms with Crippen LogP contribution in [0.3, 0.4) is 0 Å². The Morgan fingerprint density at radius 3 is 2.93 bits per heavy atom. The molecule has 0 spiro atoms. The zero-order valence-electron chi connectivity index (χ0n) is 6.95. The van der Waals surface area contributed by atoms with E-state index in [9.17, 15) is 4.79 Å². The van der Waals surface area contributed by atoms with Gasteiger partial charge in [0, 0.05) is 21.0 Å². The summed E-state index contributed by atoms with van der Waals surface area (Å²) < 4.78 is 0.871. The van der Waals surface area contributed by atoms with Crippen LogP contribution in [-0.2, 0) is 0 Å². The van der Waals surface area contributed by atoms with E-state index in [4.69, 9.17) is 16.9 Å². The molecule has 0 N–H and O–H groups in total. The lowest BCUT2D eigenvalue weighted by molar-refractivity contribution is 0.112. The molecule has 0 fully saturated rings. The van der Waals surface area contributed by atoms with Crippen molar-refractivity contribution in [2.75, 3.05) is 0 Å². The Morgan fingerprint density at radius 2 is 2.29 bits per heavy atom. The number of carbonyl (C=O) groups excluding carboxylic acids is 1. The molecule has 2 rings (SSSR count). The number of hydrogen-bond acceptors (Lipinski definition) is 3. The van der Waals surface area contributed by atoms with Crippen LogP contribution >= 0.6 is 22.9 Å². The van der Waals surface area contributed by atoms with E-state index in [-0.39, 0.29) is 0 Å². The van der Waals surface area contributed by atoms with Crippen LogP contribution in [0.25, 0.3) is 10.1 Å². The van der Waals surface area contributed by atoms with Gasteiger partial charge in [0.1, 0.15) is 6.29 Å². The van der Waals surface area contributed by atoms with Crippen LogP contribution in [0.2, 0.25) is 5.02 Å². The summed E-state index contributed by atoms with van der Waals surface area (Å²) >= 11 is 7.35. The van der Waals surface area contributed by atoms with Crippen molar-refractivity contribution < 1.29 is 4.79 Å². The number of halogens is 1. The minimum Gasteiger partial charge on any atom is -0.298 e. The predicted octanol–water partition coefficient (Wildman–Crippen LogP) is 3.24. The molecule has 0 saturated carbocycles. The Balaban J connectivity index is 2.91. The van der Waals surface area contributed by atoms with Gasteiger partial charge in [0.2, 0.25) is 0 Å². The maximum atomic E-state index is 10.6. The van der Waals surface area contributed by atoms with Gasteiger partial charge in [0.05, 0.1) is 16.7 Å². The van der Waals surface area contributed by atoms with Gasteiger partial charge in [-0.2, -0.15) is 5.26 Å². The van der Waals surface area contributed by atoms with Gasteiger partial charge in [-0.25, -0.2) is 0 Å². The van der Waals surface area contributed by atoms with E-state index in [1.807, 2.05) is 6.07 Å². The molecule has 2 nitrogen and oxygen atoms in total. The zero-order chi connectivity index (χ0) is 10.1. The Bertz CT molecular complexity index is 553. The molecule has 14 heavy (non-hydrogen) atoms. The third-order valence-corrected chi connectivity index (χ3v) is 3.27. The van der Waals surface area contributed by atoms with Crippen molar-refractivity contribution in [2.24, 2.45) is 0 Å². The number of nitriles is 1. The molecule has 1 heterocycles. The highest BCUT2D eigenvalue weighted by Gasteiger charge is 2.08. The van der Waals surface area contributed by atoms with Crippen molar-refractivity contribution in [1.82, 2.24) is 0 Å². The van der Waals surface area contributed by atoms with E-state index >= 15 is 0 Å². The summed E-state index contributed by atoms with van der Waals surface area (Å²) in [7, 11) is 0. The van der Waals surface area contributed by atoms with E-state index < -0.39 is 0 Å². The van der Waals surface area contributed by atoms with Crippen LogP contribution in [0, 0.1) is 11.3 Å². The van der Waals surface area contributed by atoms with Crippen molar-refractivity contribution in [2.45, 2.75) is 0 Å². The summed E-state index contributed by atoms with van der Waals surface area (Å²) in [6.45, 7) is 0. The van der Waals surface area contributed by atoms with Crippen LogP contribution in [0.15, 0.2) is 17.5 Å². The van der Waals surface area contributed by atoms with Crippen molar-refractivity contribution in [3.63, 3.8) is 0 Å². The summed E-state index contributed by atoms with van der Waals surface area (Å²) in [6, 6.07) is 5.32. The summed E-state index contributed by atoms with van der Waals surface area (Å²) in [4.78, 5) is 10.6. The molecule has 0 aliphatic heterocycles. The largest absolute Gasteiger partial charge is 0.298 e. The molecular weight excluding hydrogens is 218 g/mol. The van der Waals surface area contributed by atoms with E-state index in [0.29, 0.717) is 16.1 Å². The molecule has 68 valence electrons. The monoisotopic (exact) mass is 221 g/mol. The number of carbonyl (C=O) groups is 1. The van der Waals surface area contributed by atoms with Crippen molar-refractivity contribution in [3.8, 4) is 6.07 Å². The van der Waals surface area contributed by atoms with Crippen molar-refractivity contribution in [1.29, 1.82) is 5.26 Å². The number of aldehydes is 1. The highest BCUT2D eigenvalue weighted by Crippen LogP contribution is 2.33. The summed E-state index contributed by atoms with van der Waals surface area (Å²) in [5, 5.41) is 12.0. The second-order valence-electron chi connectivity index (χ2n) is 2.75. The molecular formula is C10H4ClNOS. The Hall–Kier alpha value is -1.37. The van der Waals surface area contributed by atoms with Gasteiger partial charge in [-0.3, -0.25) is 4.79 Å². The summed E-state index contributed by atoms with van der Waals surface area (Å²) in [6.07, 6.45) is 0.730. The number of thiophene rings is 1. The first kappa shape index (κ1) is 9.20. The van der Waals surface area contributed by atoms with Gasteiger partial charge in [-0.15, -0.1) is 11.3 Å². The first-order valence-electron chi connectivity index (χ1n) is 3.82. The fraction of sp³-hybridized carbons (Fsp3) is 0. The normalized spacial score (nSPS) is 10.0. The van der Waals surface area contributed by atoms with Crippen molar-refractivity contribution in [3.05, 3.63) is 33.7 Å². The third kappa shape index (κ3) is 1.29. The number of rotatable bonds is 1. The Labute approximate surface area is 89.3 Å². The molecule has 2 aromatic rings. The van der Waals surface area contributed by atoms with Gasteiger partial charge in [-0.05, 0) is 12.1 Å². The fourth-order valence-electron chi connectivity index (χ4n) is 1.31. The quantitative estimate of drug-likeness (QED) is 0.694. The molecule has 0 unspecified atom stereocenters. The lowest BCUT2D eigenvalue weighted by Gasteiger charge is -1.96. The van der Waals surface area contributed by atoms with Crippen LogP contribution < -0.4 is 0 Å². The molecule has 1 aromatic carbocycles. The van der Waals surface area contributed by atoms with Gasteiger partial charge in [0.25, 0.3) is 0 Å². The van der Waals surface area contributed by atoms with Crippen LogP contribution in [-0.4, -0.2) is 6.29 Å². The third-order valence-electron chi connectivity index (χ3n) is 1.91. The minimum atomic E-state index is 0.454. The van der Waals surface area contributed by atoms with Crippen molar-refractivity contribution >= 4 is 39.3 Å². The van der Waals surface area contributed by atoms with E-state index in [2.05, 4.69) is 0 Å². The zero-order valence-corrected chi connectivity index (χ0v) is 8.52. The maximum absolute atomic E-state index is 10.6.